The highest BCUT2D eigenvalue weighted by atomic mass is 79.9. The Bertz CT molecular complexity index is 604. The first kappa shape index (κ1) is 11.9. The molecule has 2 aromatic rings. The molecule has 0 aromatic carbocycles. The minimum atomic E-state index is -0.784. The van der Waals surface area contributed by atoms with Crippen LogP contribution in [-0.2, 0) is 11.2 Å². The fraction of sp³-hybridized carbons (Fsp3) is 0.333. The monoisotopic (exact) mass is 327 g/mol. The number of thiazole rings is 1. The van der Waals surface area contributed by atoms with Gasteiger partial charge in [0.25, 0.3) is 0 Å². The van der Waals surface area contributed by atoms with Crippen molar-refractivity contribution < 1.29 is 14.3 Å². The Labute approximate surface area is 116 Å². The van der Waals surface area contributed by atoms with Gasteiger partial charge in [0.15, 0.2) is 15.4 Å². The Morgan fingerprint density at radius 2 is 2.39 bits per heavy atom. The van der Waals surface area contributed by atoms with Gasteiger partial charge in [-0.3, -0.25) is 4.79 Å². The Hall–Kier alpha value is -1.14. The van der Waals surface area contributed by atoms with E-state index in [0.717, 1.165) is 28.4 Å². The Morgan fingerprint density at radius 1 is 1.56 bits per heavy atom. The average molecular weight is 328 g/mol. The summed E-state index contributed by atoms with van der Waals surface area (Å²) in [4.78, 5) is 16.7. The fourth-order valence-corrected chi connectivity index (χ4v) is 3.63. The second kappa shape index (κ2) is 4.51. The standard InChI is InChI=1S/C12H10BrNO3S/c13-9-5-4-7(17-9)11-14-10-6(12(15)16)2-1-3-8(10)18-11/h4-6H,1-3H2,(H,15,16). The highest BCUT2D eigenvalue weighted by Crippen LogP contribution is 2.39. The minimum absolute atomic E-state index is 0.461. The first-order valence-corrected chi connectivity index (χ1v) is 7.24. The summed E-state index contributed by atoms with van der Waals surface area (Å²) in [5, 5.41) is 9.97. The normalized spacial score (nSPS) is 18.6. The maximum absolute atomic E-state index is 11.2. The maximum atomic E-state index is 11.2. The molecule has 1 atom stereocenters. The lowest BCUT2D eigenvalue weighted by Crippen LogP contribution is -2.17. The summed E-state index contributed by atoms with van der Waals surface area (Å²) < 4.78 is 6.11. The Kier molecular flexibility index (Phi) is 2.99. The molecule has 0 fully saturated rings. The lowest BCUT2D eigenvalue weighted by Gasteiger charge is -2.16. The van der Waals surface area contributed by atoms with Crippen molar-refractivity contribution in [1.82, 2.24) is 4.98 Å². The van der Waals surface area contributed by atoms with Gasteiger partial charge in [-0.2, -0.15) is 0 Å². The highest BCUT2D eigenvalue weighted by molar-refractivity contribution is 9.10. The molecule has 6 heteroatoms. The number of hydrogen-bond donors (Lipinski definition) is 1. The van der Waals surface area contributed by atoms with Crippen LogP contribution in [-0.4, -0.2) is 16.1 Å². The second-order valence-electron chi connectivity index (χ2n) is 4.21. The maximum Gasteiger partial charge on any atom is 0.312 e. The number of fused-ring (bicyclic) bond motifs is 1. The molecule has 1 unspecified atom stereocenters. The van der Waals surface area contributed by atoms with Crippen LogP contribution in [0.15, 0.2) is 21.2 Å². The summed E-state index contributed by atoms with van der Waals surface area (Å²) in [5.41, 5.74) is 0.723. The molecule has 4 nitrogen and oxygen atoms in total. The lowest BCUT2D eigenvalue weighted by atomic mass is 9.91. The van der Waals surface area contributed by atoms with Gasteiger partial charge in [-0.1, -0.05) is 0 Å². The van der Waals surface area contributed by atoms with Crippen molar-refractivity contribution in [2.45, 2.75) is 25.2 Å². The first-order valence-electron chi connectivity index (χ1n) is 5.63. The van der Waals surface area contributed by atoms with E-state index < -0.39 is 11.9 Å². The van der Waals surface area contributed by atoms with Crippen molar-refractivity contribution in [2.24, 2.45) is 0 Å². The van der Waals surface area contributed by atoms with Crippen LogP contribution < -0.4 is 0 Å². The van der Waals surface area contributed by atoms with Crippen LogP contribution in [0.3, 0.4) is 0 Å². The molecule has 94 valence electrons. The van der Waals surface area contributed by atoms with Crippen molar-refractivity contribution in [3.8, 4) is 10.8 Å². The van der Waals surface area contributed by atoms with Gasteiger partial charge in [0.2, 0.25) is 0 Å². The van der Waals surface area contributed by atoms with Gasteiger partial charge >= 0.3 is 5.97 Å². The Morgan fingerprint density at radius 3 is 3.06 bits per heavy atom. The largest absolute Gasteiger partial charge is 0.481 e. The van der Waals surface area contributed by atoms with Crippen molar-refractivity contribution in [3.63, 3.8) is 0 Å². The molecular formula is C12H10BrNO3S. The second-order valence-corrected chi connectivity index (χ2v) is 6.08. The highest BCUT2D eigenvalue weighted by Gasteiger charge is 2.30. The number of aliphatic carboxylic acids is 1. The van der Waals surface area contributed by atoms with E-state index in [2.05, 4.69) is 20.9 Å². The fourth-order valence-electron chi connectivity index (χ4n) is 2.19. The van der Waals surface area contributed by atoms with E-state index in [1.807, 2.05) is 12.1 Å². The summed E-state index contributed by atoms with van der Waals surface area (Å²) in [6, 6.07) is 3.65. The number of carboxylic acids is 1. The third-order valence-electron chi connectivity index (χ3n) is 3.04. The number of halogens is 1. The van der Waals surface area contributed by atoms with E-state index in [9.17, 15) is 9.90 Å². The predicted octanol–water partition coefficient (Wildman–Crippen LogP) is 3.67. The summed E-state index contributed by atoms with van der Waals surface area (Å²) >= 11 is 4.79. The summed E-state index contributed by atoms with van der Waals surface area (Å²) in [6.45, 7) is 0. The zero-order valence-electron chi connectivity index (χ0n) is 9.35. The molecule has 0 saturated heterocycles. The molecule has 1 aliphatic carbocycles. The Balaban J connectivity index is 2.03. The van der Waals surface area contributed by atoms with Crippen LogP contribution in [0.4, 0.5) is 0 Å². The molecule has 3 rings (SSSR count). The number of aromatic nitrogens is 1. The van der Waals surface area contributed by atoms with Crippen molar-refractivity contribution >= 4 is 33.2 Å². The molecule has 18 heavy (non-hydrogen) atoms. The molecule has 1 aliphatic rings. The molecule has 0 bridgehead atoms. The van der Waals surface area contributed by atoms with E-state index in [-0.39, 0.29) is 0 Å². The van der Waals surface area contributed by atoms with E-state index in [4.69, 9.17) is 4.42 Å². The summed E-state index contributed by atoms with van der Waals surface area (Å²) in [5.74, 6) is -0.559. The van der Waals surface area contributed by atoms with Gasteiger partial charge in [0, 0.05) is 4.88 Å². The van der Waals surface area contributed by atoms with Crippen LogP contribution in [0, 0.1) is 0 Å². The van der Waals surface area contributed by atoms with Gasteiger partial charge in [-0.15, -0.1) is 11.3 Å². The topological polar surface area (TPSA) is 63.3 Å². The van der Waals surface area contributed by atoms with Crippen molar-refractivity contribution in [2.75, 3.05) is 0 Å². The lowest BCUT2D eigenvalue weighted by molar-refractivity contribution is -0.139. The van der Waals surface area contributed by atoms with Crippen LogP contribution >= 0.6 is 27.3 Å². The van der Waals surface area contributed by atoms with Crippen molar-refractivity contribution in [1.29, 1.82) is 0 Å². The van der Waals surface area contributed by atoms with Gasteiger partial charge in [-0.25, -0.2) is 4.98 Å². The third kappa shape index (κ3) is 1.99. The number of furan rings is 1. The number of rotatable bonds is 2. The molecule has 1 N–H and O–H groups in total. The van der Waals surface area contributed by atoms with E-state index in [1.165, 1.54) is 11.3 Å². The van der Waals surface area contributed by atoms with Gasteiger partial charge in [0.1, 0.15) is 5.92 Å². The van der Waals surface area contributed by atoms with Crippen LogP contribution in [0.25, 0.3) is 10.8 Å². The molecular weight excluding hydrogens is 318 g/mol. The molecule has 2 aromatic heterocycles. The van der Waals surface area contributed by atoms with E-state index in [0.29, 0.717) is 16.9 Å². The molecule has 2 heterocycles. The zero-order valence-corrected chi connectivity index (χ0v) is 11.8. The first-order chi connectivity index (χ1) is 8.65. The third-order valence-corrected chi connectivity index (χ3v) is 4.61. The number of hydrogen-bond acceptors (Lipinski definition) is 4. The summed E-state index contributed by atoms with van der Waals surface area (Å²) in [6.07, 6.45) is 2.50. The van der Waals surface area contributed by atoms with Crippen molar-refractivity contribution in [3.05, 3.63) is 27.4 Å². The number of nitrogens with zero attached hydrogens (tertiary/aromatic N) is 1. The number of carboxylic acid groups (broad SMARTS) is 1. The average Bonchev–Trinajstić information content (AvgIpc) is 2.93. The molecule has 0 saturated carbocycles. The van der Waals surface area contributed by atoms with Gasteiger partial charge in [0.05, 0.1) is 5.69 Å². The molecule has 0 aliphatic heterocycles. The van der Waals surface area contributed by atoms with Gasteiger partial charge in [-0.05, 0) is 47.3 Å². The zero-order chi connectivity index (χ0) is 12.7. The van der Waals surface area contributed by atoms with Crippen LogP contribution in [0.2, 0.25) is 0 Å². The van der Waals surface area contributed by atoms with Crippen LogP contribution in [0.5, 0.6) is 0 Å². The van der Waals surface area contributed by atoms with Gasteiger partial charge < -0.3 is 9.52 Å². The van der Waals surface area contributed by atoms with E-state index >= 15 is 0 Å². The SMILES string of the molecule is O=C(O)C1CCCc2sc(-c3ccc(Br)o3)nc21. The predicted molar refractivity (Wildman–Crippen MR) is 70.8 cm³/mol. The molecule has 0 spiro atoms. The quantitative estimate of drug-likeness (QED) is 0.914. The number of aryl methyl sites for hydroxylation is 1. The smallest absolute Gasteiger partial charge is 0.312 e. The number of carbonyl (C=O) groups is 1. The molecule has 0 amide bonds. The minimum Gasteiger partial charge on any atom is -0.481 e. The summed E-state index contributed by atoms with van der Waals surface area (Å²) in [7, 11) is 0. The molecule has 0 radical (unpaired) electrons. The van der Waals surface area contributed by atoms with Crippen LogP contribution in [0.1, 0.15) is 29.3 Å². The van der Waals surface area contributed by atoms with E-state index in [1.54, 1.807) is 0 Å².